The van der Waals surface area contributed by atoms with E-state index in [-0.39, 0.29) is 4.90 Å². The van der Waals surface area contributed by atoms with Crippen LogP contribution in [0.1, 0.15) is 24.3 Å². The lowest BCUT2D eigenvalue weighted by molar-refractivity contribution is -0.00223. The molecule has 0 amide bonds. The van der Waals surface area contributed by atoms with Crippen LogP contribution < -0.4 is 19.1 Å². The molecule has 4 rings (SSSR count). The number of ether oxygens (including phenoxy) is 2. The van der Waals surface area contributed by atoms with Crippen LogP contribution in [-0.4, -0.2) is 58.3 Å². The first-order valence-corrected chi connectivity index (χ1v) is 13.5. The Morgan fingerprint density at radius 1 is 1.00 bits per heavy atom. The van der Waals surface area contributed by atoms with Gasteiger partial charge in [0.15, 0.2) is 0 Å². The SMILES string of the molecule is CCOc1ccc(NS(=O)(=O)c2ccc(C)c(C(O)N3CCN(c4ccccc4OC)CC3)c2)cc1. The van der Waals surface area contributed by atoms with Crippen molar-refractivity contribution in [2.75, 3.05) is 49.5 Å². The molecule has 3 aromatic carbocycles. The van der Waals surface area contributed by atoms with Gasteiger partial charge in [-0.3, -0.25) is 9.62 Å². The molecule has 0 aliphatic carbocycles. The lowest BCUT2D eigenvalue weighted by Crippen LogP contribution is -2.47. The molecule has 0 aromatic heterocycles. The maximum Gasteiger partial charge on any atom is 0.261 e. The van der Waals surface area contributed by atoms with Crippen molar-refractivity contribution in [3.63, 3.8) is 0 Å². The van der Waals surface area contributed by atoms with Crippen molar-refractivity contribution in [1.82, 2.24) is 4.90 Å². The van der Waals surface area contributed by atoms with E-state index in [1.165, 1.54) is 0 Å². The highest BCUT2D eigenvalue weighted by Gasteiger charge is 2.27. The molecule has 0 bridgehead atoms. The van der Waals surface area contributed by atoms with Gasteiger partial charge >= 0.3 is 0 Å². The third-order valence-corrected chi connectivity index (χ3v) is 7.72. The van der Waals surface area contributed by atoms with Gasteiger partial charge in [0.25, 0.3) is 10.0 Å². The number of nitrogens with one attached hydrogen (secondary N) is 1. The molecule has 9 heteroatoms. The fourth-order valence-corrected chi connectivity index (χ4v) is 5.45. The normalized spacial score (nSPS) is 15.4. The molecule has 8 nitrogen and oxygen atoms in total. The summed E-state index contributed by atoms with van der Waals surface area (Å²) >= 11 is 0. The van der Waals surface area contributed by atoms with Crippen LogP contribution in [0, 0.1) is 6.92 Å². The maximum atomic E-state index is 13.1. The van der Waals surface area contributed by atoms with Gasteiger partial charge in [-0.1, -0.05) is 18.2 Å². The number of aliphatic hydroxyl groups is 1. The van der Waals surface area contributed by atoms with Crippen LogP contribution in [0.2, 0.25) is 0 Å². The number of anilines is 2. The number of hydrogen-bond donors (Lipinski definition) is 2. The minimum Gasteiger partial charge on any atom is -0.495 e. The number of nitrogens with zero attached hydrogens (tertiary/aromatic N) is 2. The molecule has 0 saturated carbocycles. The van der Waals surface area contributed by atoms with E-state index in [4.69, 9.17) is 9.47 Å². The number of methoxy groups -OCH3 is 1. The number of aryl methyl sites for hydroxylation is 1. The average molecular weight is 512 g/mol. The van der Waals surface area contributed by atoms with Crippen LogP contribution in [0.4, 0.5) is 11.4 Å². The number of benzene rings is 3. The highest BCUT2D eigenvalue weighted by Crippen LogP contribution is 2.31. The number of sulfonamides is 1. The summed E-state index contributed by atoms with van der Waals surface area (Å²) in [6, 6.07) is 19.5. The zero-order valence-corrected chi connectivity index (χ0v) is 21.7. The molecule has 1 atom stereocenters. The summed E-state index contributed by atoms with van der Waals surface area (Å²) < 4.78 is 39.7. The topological polar surface area (TPSA) is 91.3 Å². The molecule has 1 aliphatic heterocycles. The van der Waals surface area contributed by atoms with E-state index < -0.39 is 16.3 Å². The van der Waals surface area contributed by atoms with Gasteiger partial charge in [0.1, 0.15) is 17.7 Å². The molecule has 36 heavy (non-hydrogen) atoms. The third kappa shape index (κ3) is 5.75. The van der Waals surface area contributed by atoms with Crippen LogP contribution in [0.5, 0.6) is 11.5 Å². The van der Waals surface area contributed by atoms with Crippen LogP contribution in [0.3, 0.4) is 0 Å². The first kappa shape index (κ1) is 25.8. The van der Waals surface area contributed by atoms with Gasteiger partial charge in [-0.05, 0) is 73.5 Å². The quantitative estimate of drug-likeness (QED) is 0.448. The molecular weight excluding hydrogens is 478 g/mol. The molecule has 0 spiro atoms. The van der Waals surface area contributed by atoms with Gasteiger partial charge in [-0.25, -0.2) is 8.42 Å². The first-order chi connectivity index (χ1) is 17.3. The van der Waals surface area contributed by atoms with Gasteiger partial charge in [-0.2, -0.15) is 0 Å². The Morgan fingerprint density at radius 2 is 1.69 bits per heavy atom. The molecule has 1 saturated heterocycles. The van der Waals surface area contributed by atoms with Crippen LogP contribution >= 0.6 is 0 Å². The molecule has 0 radical (unpaired) electrons. The van der Waals surface area contributed by atoms with Crippen LogP contribution in [0.15, 0.2) is 71.6 Å². The predicted molar refractivity (Wildman–Crippen MR) is 141 cm³/mol. The van der Waals surface area contributed by atoms with E-state index in [1.807, 2.05) is 43.0 Å². The Balaban J connectivity index is 1.47. The highest BCUT2D eigenvalue weighted by atomic mass is 32.2. The van der Waals surface area contributed by atoms with E-state index in [0.29, 0.717) is 49.8 Å². The predicted octanol–water partition coefficient (Wildman–Crippen LogP) is 4.02. The summed E-state index contributed by atoms with van der Waals surface area (Å²) in [6.07, 6.45) is -0.912. The highest BCUT2D eigenvalue weighted by molar-refractivity contribution is 7.92. The molecule has 1 heterocycles. The van der Waals surface area contributed by atoms with Crippen LogP contribution in [0.25, 0.3) is 0 Å². The number of rotatable bonds is 9. The van der Waals surface area contributed by atoms with Crippen molar-refractivity contribution in [3.8, 4) is 11.5 Å². The second kappa shape index (κ2) is 11.2. The molecule has 192 valence electrons. The van der Waals surface area contributed by atoms with E-state index in [9.17, 15) is 13.5 Å². The van der Waals surface area contributed by atoms with Crippen molar-refractivity contribution in [2.24, 2.45) is 0 Å². The Bertz CT molecular complexity index is 1270. The maximum absolute atomic E-state index is 13.1. The number of para-hydroxylation sites is 2. The molecule has 1 unspecified atom stereocenters. The van der Waals surface area contributed by atoms with E-state index in [2.05, 4.69) is 9.62 Å². The number of piperazine rings is 1. The third-order valence-electron chi connectivity index (χ3n) is 6.34. The minimum absolute atomic E-state index is 0.101. The minimum atomic E-state index is -3.84. The monoisotopic (exact) mass is 511 g/mol. The second-order valence-corrected chi connectivity index (χ2v) is 10.3. The Kier molecular flexibility index (Phi) is 8.03. The second-order valence-electron chi connectivity index (χ2n) is 8.65. The van der Waals surface area contributed by atoms with Crippen molar-refractivity contribution < 1.29 is 23.0 Å². The van der Waals surface area contributed by atoms with Gasteiger partial charge in [0.2, 0.25) is 0 Å². The number of hydrogen-bond acceptors (Lipinski definition) is 7. The summed E-state index contributed by atoms with van der Waals surface area (Å²) in [6.45, 7) is 6.98. The fourth-order valence-electron chi connectivity index (χ4n) is 4.36. The first-order valence-electron chi connectivity index (χ1n) is 12.0. The standard InChI is InChI=1S/C27H33N3O5S/c1-4-35-22-12-10-21(11-13-22)28-36(32,33)23-14-9-20(2)24(19-23)27(31)30-17-15-29(16-18-30)25-7-5-6-8-26(25)34-3/h5-14,19,27-28,31H,4,15-18H2,1-3H3. The Hall–Kier alpha value is -3.27. The zero-order chi connectivity index (χ0) is 25.7. The molecule has 2 N–H and O–H groups in total. The van der Waals surface area contributed by atoms with Gasteiger partial charge < -0.3 is 19.5 Å². The smallest absolute Gasteiger partial charge is 0.261 e. The van der Waals surface area contributed by atoms with Crippen molar-refractivity contribution in [3.05, 3.63) is 77.9 Å². The van der Waals surface area contributed by atoms with Gasteiger partial charge in [-0.15, -0.1) is 0 Å². The van der Waals surface area contributed by atoms with E-state index >= 15 is 0 Å². The average Bonchev–Trinajstić information content (AvgIpc) is 2.89. The van der Waals surface area contributed by atoms with E-state index in [0.717, 1.165) is 17.0 Å². The Labute approximate surface area is 213 Å². The van der Waals surface area contributed by atoms with Gasteiger partial charge in [0.05, 0.1) is 24.3 Å². The fraction of sp³-hybridized carbons (Fsp3) is 0.333. The lowest BCUT2D eigenvalue weighted by Gasteiger charge is -2.39. The van der Waals surface area contributed by atoms with Crippen LogP contribution in [-0.2, 0) is 10.0 Å². The van der Waals surface area contributed by atoms with Crippen molar-refractivity contribution in [1.29, 1.82) is 0 Å². The Morgan fingerprint density at radius 3 is 2.36 bits per heavy atom. The molecular formula is C27H33N3O5S. The zero-order valence-electron chi connectivity index (χ0n) is 20.8. The summed E-state index contributed by atoms with van der Waals surface area (Å²) in [5.41, 5.74) is 2.87. The summed E-state index contributed by atoms with van der Waals surface area (Å²) in [5.74, 6) is 1.49. The van der Waals surface area contributed by atoms with Crippen molar-refractivity contribution >= 4 is 21.4 Å². The van der Waals surface area contributed by atoms with Gasteiger partial charge in [0, 0.05) is 31.9 Å². The molecule has 1 fully saturated rings. The molecule has 3 aromatic rings. The summed E-state index contributed by atoms with van der Waals surface area (Å²) in [5, 5.41) is 11.2. The lowest BCUT2D eigenvalue weighted by atomic mass is 10.1. The largest absolute Gasteiger partial charge is 0.495 e. The summed E-state index contributed by atoms with van der Waals surface area (Å²) in [4.78, 5) is 4.30. The molecule has 1 aliphatic rings. The van der Waals surface area contributed by atoms with E-state index in [1.54, 1.807) is 49.6 Å². The number of aliphatic hydroxyl groups excluding tert-OH is 1. The summed E-state index contributed by atoms with van der Waals surface area (Å²) in [7, 11) is -2.18. The van der Waals surface area contributed by atoms with Crippen molar-refractivity contribution in [2.45, 2.75) is 25.0 Å².